The van der Waals surface area contributed by atoms with Crippen LogP contribution >= 0.6 is 8.38 Å². The molecule has 2 heterocycles. The lowest BCUT2D eigenvalue weighted by molar-refractivity contribution is -0.173. The van der Waals surface area contributed by atoms with E-state index in [1.54, 1.807) is 0 Å². The zero-order chi connectivity index (χ0) is 48.2. The Balaban J connectivity index is 1.76. The Bertz CT molecular complexity index is 2090. The molecule has 0 amide bonds. The zero-order valence-electron chi connectivity index (χ0n) is 43.7. The summed E-state index contributed by atoms with van der Waals surface area (Å²) in [7, 11) is -1.88. The predicted molar refractivity (Wildman–Crippen MR) is 279 cm³/mol. The Kier molecular flexibility index (Phi) is 14.8. The summed E-state index contributed by atoms with van der Waals surface area (Å²) in [6.07, 6.45) is -1.35. The second kappa shape index (κ2) is 19.4. The van der Waals surface area contributed by atoms with E-state index >= 15 is 0 Å². The van der Waals surface area contributed by atoms with Crippen molar-refractivity contribution in [1.82, 2.24) is 0 Å². The highest BCUT2D eigenvalue weighted by molar-refractivity contribution is 7.56. The molecule has 354 valence electrons. The van der Waals surface area contributed by atoms with Gasteiger partial charge in [0.15, 0.2) is 17.0 Å². The summed E-state index contributed by atoms with van der Waals surface area (Å²) in [6.45, 7) is 41.0. The molecule has 7 rings (SSSR count). The Morgan fingerprint density at radius 3 is 0.788 bits per heavy atom. The highest BCUT2D eigenvalue weighted by Gasteiger charge is 2.67. The second-order valence-electron chi connectivity index (χ2n) is 22.5. The molecule has 2 aliphatic rings. The summed E-state index contributed by atoms with van der Waals surface area (Å²) in [4.78, 5) is 0. The quantitative estimate of drug-likeness (QED) is 0.110. The molecule has 0 N–H and O–H groups in total. The van der Waals surface area contributed by atoms with Gasteiger partial charge in [-0.05, 0) is 140 Å². The zero-order valence-corrected chi connectivity index (χ0v) is 44.6. The van der Waals surface area contributed by atoms with E-state index in [1.807, 2.05) is 0 Å². The lowest BCUT2D eigenvalue weighted by Gasteiger charge is -2.43. The molecular weight excluding hydrogens is 828 g/mol. The average molecular weight is 909 g/mol. The van der Waals surface area contributed by atoms with Gasteiger partial charge in [-0.2, -0.15) is 0 Å². The van der Waals surface area contributed by atoms with Gasteiger partial charge in [0, 0.05) is 5.30 Å². The maximum atomic E-state index is 8.35. The number of rotatable bonds is 13. The molecule has 66 heavy (non-hydrogen) atoms. The minimum atomic E-state index is -1.88. The minimum Gasteiger partial charge on any atom is -0.341 e. The Morgan fingerprint density at radius 1 is 0.348 bits per heavy atom. The molecule has 2 saturated heterocycles. The number of benzene rings is 5. The van der Waals surface area contributed by atoms with E-state index in [0.29, 0.717) is 0 Å². The van der Waals surface area contributed by atoms with Crippen molar-refractivity contribution < 1.29 is 18.5 Å². The largest absolute Gasteiger partial charge is 0.341 e. The van der Waals surface area contributed by atoms with Gasteiger partial charge in [0.25, 0.3) is 0 Å². The van der Waals surface area contributed by atoms with Gasteiger partial charge in [-0.25, -0.2) is 0 Å². The van der Waals surface area contributed by atoms with Gasteiger partial charge < -0.3 is 18.5 Å². The molecule has 0 aromatic heterocycles. The molecule has 2 atom stereocenters. The van der Waals surface area contributed by atoms with E-state index in [-0.39, 0.29) is 47.3 Å². The van der Waals surface area contributed by atoms with Crippen molar-refractivity contribution in [3.63, 3.8) is 0 Å². The van der Waals surface area contributed by atoms with Gasteiger partial charge in [0.05, 0.1) is 0 Å². The van der Waals surface area contributed by atoms with E-state index in [4.69, 9.17) is 18.5 Å². The van der Waals surface area contributed by atoms with Gasteiger partial charge >= 0.3 is 0 Å². The molecule has 0 saturated carbocycles. The van der Waals surface area contributed by atoms with Crippen LogP contribution in [0.4, 0.5) is 0 Å². The van der Waals surface area contributed by atoms with Crippen LogP contribution in [-0.4, -0.2) is 18.0 Å². The summed E-state index contributed by atoms with van der Waals surface area (Å²) in [6, 6.07) is 39.6. The predicted octanol–water partition coefficient (Wildman–Crippen LogP) is 17.1. The van der Waals surface area contributed by atoms with Crippen molar-refractivity contribution in [2.75, 3.05) is 0 Å². The van der Waals surface area contributed by atoms with E-state index in [1.165, 1.54) is 44.5 Å². The molecule has 0 spiro atoms. The highest BCUT2D eigenvalue weighted by atomic mass is 31.2. The van der Waals surface area contributed by atoms with Crippen LogP contribution in [-0.2, 0) is 29.7 Å². The maximum absolute atomic E-state index is 8.35. The molecule has 0 unspecified atom stereocenters. The molecule has 0 bridgehead atoms. The number of fused-ring (bicyclic) bond motifs is 1. The van der Waals surface area contributed by atoms with Crippen LogP contribution in [0.25, 0.3) is 0 Å². The van der Waals surface area contributed by atoms with Gasteiger partial charge in [-0.1, -0.05) is 202 Å². The summed E-state index contributed by atoms with van der Waals surface area (Å²) in [5.41, 5.74) is 12.1. The summed E-state index contributed by atoms with van der Waals surface area (Å²) in [5.74, 6) is 1.21. The van der Waals surface area contributed by atoms with Gasteiger partial charge in [0.1, 0.15) is 12.2 Å². The van der Waals surface area contributed by atoms with Crippen LogP contribution in [0, 0.1) is 0 Å². The summed E-state index contributed by atoms with van der Waals surface area (Å²) < 4.78 is 32.2. The van der Waals surface area contributed by atoms with Crippen molar-refractivity contribution in [1.29, 1.82) is 0 Å². The third-order valence-corrected chi connectivity index (χ3v) is 15.9. The van der Waals surface area contributed by atoms with Crippen LogP contribution in [0.1, 0.15) is 239 Å². The first-order valence-electron chi connectivity index (χ1n) is 25.2. The van der Waals surface area contributed by atoms with E-state index < -0.39 is 37.6 Å². The molecule has 0 radical (unpaired) electrons. The van der Waals surface area contributed by atoms with Gasteiger partial charge in [-0.15, -0.1) is 0 Å². The third kappa shape index (κ3) is 9.67. The summed E-state index contributed by atoms with van der Waals surface area (Å²) in [5, 5.41) is 1.00. The average Bonchev–Trinajstić information content (AvgIpc) is 3.55. The Labute approximate surface area is 401 Å². The van der Waals surface area contributed by atoms with Crippen molar-refractivity contribution in [3.05, 3.63) is 170 Å². The Morgan fingerprint density at radius 2 is 0.576 bits per heavy atom. The standard InChI is InChI=1S/C61H81O4P/c1-36(2)44-24-45(37(3)4)29-52(28-44)60(53-30-46(38(5)6)25-47(31-53)39(7)8)57-58(63-59(17,18)62-57)61(65-66(64-60)56-22-20-19-21-23-56,54-32-48(40(9)10)26-49(33-54)41(11)12)55-34-50(42(13)14)27-51(35-55)43(15)16/h19-43,57-58H,1-18H3/t57-,58-/m1/s1. The first-order chi connectivity index (χ1) is 31.0. The van der Waals surface area contributed by atoms with Gasteiger partial charge in [0.2, 0.25) is 8.38 Å². The highest BCUT2D eigenvalue weighted by Crippen LogP contribution is 2.65. The van der Waals surface area contributed by atoms with Crippen LogP contribution in [0.5, 0.6) is 0 Å². The fourth-order valence-corrected chi connectivity index (χ4v) is 11.6. The molecule has 4 nitrogen and oxygen atoms in total. The second-order valence-corrected chi connectivity index (χ2v) is 23.9. The fraction of sp³-hybridized carbons (Fsp3) is 0.508. The topological polar surface area (TPSA) is 36.9 Å². The van der Waals surface area contributed by atoms with E-state index in [2.05, 4.69) is 228 Å². The fourth-order valence-electron chi connectivity index (χ4n) is 9.83. The van der Waals surface area contributed by atoms with Crippen LogP contribution in [0.2, 0.25) is 0 Å². The number of hydrogen-bond acceptors (Lipinski definition) is 4. The van der Waals surface area contributed by atoms with Crippen LogP contribution in [0.15, 0.2) is 103 Å². The van der Waals surface area contributed by atoms with E-state index in [9.17, 15) is 0 Å². The van der Waals surface area contributed by atoms with Crippen LogP contribution in [0.3, 0.4) is 0 Å². The molecule has 5 aromatic rings. The number of ether oxygens (including phenoxy) is 2. The molecule has 5 heteroatoms. The molecule has 2 aliphatic heterocycles. The minimum absolute atomic E-state index is 0.277. The van der Waals surface area contributed by atoms with Crippen LogP contribution < -0.4 is 5.30 Å². The third-order valence-electron chi connectivity index (χ3n) is 14.3. The van der Waals surface area contributed by atoms with E-state index in [0.717, 1.165) is 27.6 Å². The lowest BCUT2D eigenvalue weighted by atomic mass is 9.69. The SMILES string of the molecule is CC(C)c1cc(C(C)C)cc(C2(c3cc(C(C)C)cc(C(C)C)c3)OP(c3ccccc3)OC(c3cc(C(C)C)cc(C(C)C)c3)(c3cc(C(C)C)cc(C(C)C)c3)[C@@H]3OC(C)(C)O[C@H]32)c1. The molecule has 5 aromatic carbocycles. The molecule has 0 aliphatic carbocycles. The molecular formula is C61H81O4P. The summed E-state index contributed by atoms with van der Waals surface area (Å²) >= 11 is 0. The maximum Gasteiger partial charge on any atom is 0.207 e. The monoisotopic (exact) mass is 909 g/mol. The Hall–Kier alpha value is -3.63. The first kappa shape index (κ1) is 50.3. The van der Waals surface area contributed by atoms with Crippen molar-refractivity contribution in [2.24, 2.45) is 0 Å². The van der Waals surface area contributed by atoms with Crippen molar-refractivity contribution >= 4 is 13.7 Å². The van der Waals surface area contributed by atoms with Crippen molar-refractivity contribution in [2.45, 2.75) is 201 Å². The van der Waals surface area contributed by atoms with Crippen molar-refractivity contribution in [3.8, 4) is 0 Å². The normalized spacial score (nSPS) is 19.6. The van der Waals surface area contributed by atoms with Gasteiger partial charge in [-0.3, -0.25) is 0 Å². The lowest BCUT2D eigenvalue weighted by Crippen LogP contribution is -2.54. The smallest absolute Gasteiger partial charge is 0.207 e. The number of hydrogen-bond donors (Lipinski definition) is 0. The molecule has 2 fully saturated rings. The first-order valence-corrected chi connectivity index (χ1v) is 26.4.